The van der Waals surface area contributed by atoms with Crippen LogP contribution in [-0.2, 0) is 17.8 Å². The molecule has 0 saturated carbocycles. The van der Waals surface area contributed by atoms with Gasteiger partial charge in [0.15, 0.2) is 0 Å². The first-order valence-corrected chi connectivity index (χ1v) is 12.1. The highest BCUT2D eigenvalue weighted by Gasteiger charge is 2.33. The zero-order valence-electron chi connectivity index (χ0n) is 19.7. The normalized spacial score (nSPS) is 15.9. The van der Waals surface area contributed by atoms with Gasteiger partial charge in [0.05, 0.1) is 17.6 Å². The average molecular weight is 454 g/mol. The molecule has 2 heterocycles. The van der Waals surface area contributed by atoms with Gasteiger partial charge in [0.2, 0.25) is 5.91 Å². The van der Waals surface area contributed by atoms with Crippen molar-refractivity contribution >= 4 is 16.9 Å². The van der Waals surface area contributed by atoms with Crippen LogP contribution in [0, 0.1) is 6.92 Å². The molecule has 3 aromatic carbocycles. The number of ether oxygens (including phenoxy) is 1. The van der Waals surface area contributed by atoms with Gasteiger partial charge in [0.1, 0.15) is 11.6 Å². The molecule has 1 aliphatic rings. The van der Waals surface area contributed by atoms with Crippen LogP contribution in [0.1, 0.15) is 35.7 Å². The summed E-state index contributed by atoms with van der Waals surface area (Å²) in [5.74, 6) is 2.30. The minimum Gasteiger partial charge on any atom is -0.493 e. The Balaban J connectivity index is 1.28. The van der Waals surface area contributed by atoms with Crippen molar-refractivity contribution in [2.45, 2.75) is 38.6 Å². The molecule has 1 amide bonds. The van der Waals surface area contributed by atoms with E-state index in [0.29, 0.717) is 13.0 Å². The van der Waals surface area contributed by atoms with Gasteiger partial charge in [-0.1, -0.05) is 60.7 Å². The molecule has 1 fully saturated rings. The summed E-state index contributed by atoms with van der Waals surface area (Å²) in [4.78, 5) is 19.8. The predicted octanol–water partition coefficient (Wildman–Crippen LogP) is 5.37. The number of rotatable bonds is 9. The quantitative estimate of drug-likeness (QED) is 0.320. The van der Waals surface area contributed by atoms with Crippen LogP contribution in [-0.4, -0.2) is 40.1 Å². The molecule has 34 heavy (non-hydrogen) atoms. The van der Waals surface area contributed by atoms with Crippen LogP contribution in [0.5, 0.6) is 5.75 Å². The van der Waals surface area contributed by atoms with Gasteiger partial charge in [-0.3, -0.25) is 4.79 Å². The lowest BCUT2D eigenvalue weighted by Gasteiger charge is -2.17. The second-order valence-corrected chi connectivity index (χ2v) is 9.05. The van der Waals surface area contributed by atoms with Crippen molar-refractivity contribution < 1.29 is 9.53 Å². The third kappa shape index (κ3) is 4.84. The zero-order valence-corrected chi connectivity index (χ0v) is 19.7. The number of imidazole rings is 1. The number of amides is 1. The Morgan fingerprint density at radius 2 is 1.71 bits per heavy atom. The Morgan fingerprint density at radius 3 is 2.56 bits per heavy atom. The van der Waals surface area contributed by atoms with Crippen LogP contribution in [0.4, 0.5) is 0 Å². The summed E-state index contributed by atoms with van der Waals surface area (Å²) in [6.07, 6.45) is 2.28. The molecule has 5 heteroatoms. The van der Waals surface area contributed by atoms with E-state index < -0.39 is 0 Å². The number of para-hydroxylation sites is 3. The van der Waals surface area contributed by atoms with Gasteiger partial charge >= 0.3 is 0 Å². The van der Waals surface area contributed by atoms with E-state index in [1.54, 1.807) is 0 Å². The summed E-state index contributed by atoms with van der Waals surface area (Å²) in [5, 5.41) is 0. The number of carbonyl (C=O) groups excluding carboxylic acids is 1. The second kappa shape index (κ2) is 10.1. The lowest BCUT2D eigenvalue weighted by Crippen LogP contribution is -2.27. The van der Waals surface area contributed by atoms with Crippen molar-refractivity contribution in [3.8, 4) is 5.75 Å². The highest BCUT2D eigenvalue weighted by Crippen LogP contribution is 2.31. The maximum Gasteiger partial charge on any atom is 0.223 e. The van der Waals surface area contributed by atoms with Gasteiger partial charge in [-0.05, 0) is 49.1 Å². The topological polar surface area (TPSA) is 47.4 Å². The smallest absolute Gasteiger partial charge is 0.223 e. The summed E-state index contributed by atoms with van der Waals surface area (Å²) < 4.78 is 8.33. The number of likely N-dealkylation sites (tertiary alicyclic amines) is 1. The summed E-state index contributed by atoms with van der Waals surface area (Å²) in [6.45, 7) is 5.01. The van der Waals surface area contributed by atoms with Crippen LogP contribution in [0.25, 0.3) is 11.0 Å². The Bertz CT molecular complexity index is 1260. The number of carbonyl (C=O) groups is 1. The zero-order chi connectivity index (χ0) is 23.3. The molecule has 1 aliphatic heterocycles. The SMILES string of the molecule is Cc1ccccc1OCCCn1c(C2CC(=O)N(CCc3ccccc3)C2)nc2ccccc21. The number of aromatic nitrogens is 2. The molecule has 0 radical (unpaired) electrons. The van der Waals surface area contributed by atoms with Gasteiger partial charge in [-0.15, -0.1) is 0 Å². The lowest BCUT2D eigenvalue weighted by atomic mass is 10.1. The maximum absolute atomic E-state index is 12.8. The first-order chi connectivity index (χ1) is 16.7. The number of aryl methyl sites for hydroxylation is 2. The fourth-order valence-corrected chi connectivity index (χ4v) is 4.83. The molecular weight excluding hydrogens is 422 g/mol. The van der Waals surface area contributed by atoms with E-state index in [1.165, 1.54) is 5.56 Å². The standard InChI is InChI=1S/C29H31N3O2/c1-22-10-5-8-15-27(22)34-19-9-17-32-26-14-7-6-13-25(26)30-29(32)24-20-28(33)31(21-24)18-16-23-11-3-2-4-12-23/h2-8,10-15,24H,9,16-21H2,1H3. The second-order valence-electron chi connectivity index (χ2n) is 9.05. The monoisotopic (exact) mass is 453 g/mol. The van der Waals surface area contributed by atoms with E-state index in [4.69, 9.17) is 9.72 Å². The highest BCUT2D eigenvalue weighted by molar-refractivity contribution is 5.81. The molecule has 174 valence electrons. The molecular formula is C29H31N3O2. The molecule has 1 saturated heterocycles. The molecule has 1 atom stereocenters. The molecule has 5 nitrogen and oxygen atoms in total. The number of fused-ring (bicyclic) bond motifs is 1. The van der Waals surface area contributed by atoms with E-state index in [0.717, 1.165) is 60.6 Å². The first-order valence-electron chi connectivity index (χ1n) is 12.1. The van der Waals surface area contributed by atoms with Crippen molar-refractivity contribution in [3.63, 3.8) is 0 Å². The third-order valence-corrected chi connectivity index (χ3v) is 6.65. The minimum absolute atomic E-state index is 0.118. The number of nitrogens with zero attached hydrogens (tertiary/aromatic N) is 3. The number of hydrogen-bond acceptors (Lipinski definition) is 3. The highest BCUT2D eigenvalue weighted by atomic mass is 16.5. The van der Waals surface area contributed by atoms with Gasteiger partial charge in [0, 0.05) is 32.0 Å². The number of hydrogen-bond donors (Lipinski definition) is 0. The van der Waals surface area contributed by atoms with Crippen molar-refractivity contribution in [1.29, 1.82) is 0 Å². The van der Waals surface area contributed by atoms with Crippen LogP contribution < -0.4 is 4.74 Å². The van der Waals surface area contributed by atoms with Gasteiger partial charge in [-0.25, -0.2) is 4.98 Å². The molecule has 1 aromatic heterocycles. The molecule has 0 bridgehead atoms. The Kier molecular flexibility index (Phi) is 6.61. The molecule has 5 rings (SSSR count). The first kappa shape index (κ1) is 22.2. The Labute approximate surface area is 201 Å². The van der Waals surface area contributed by atoms with E-state index in [1.807, 2.05) is 35.2 Å². The summed E-state index contributed by atoms with van der Waals surface area (Å²) in [5.41, 5.74) is 4.53. The van der Waals surface area contributed by atoms with E-state index in [-0.39, 0.29) is 11.8 Å². The van der Waals surface area contributed by atoms with Crippen LogP contribution >= 0.6 is 0 Å². The Morgan fingerprint density at radius 1 is 0.941 bits per heavy atom. The van der Waals surface area contributed by atoms with Crippen LogP contribution in [0.15, 0.2) is 78.9 Å². The van der Waals surface area contributed by atoms with Crippen molar-refractivity contribution in [2.75, 3.05) is 19.7 Å². The van der Waals surface area contributed by atoms with Gasteiger partial charge in [0.25, 0.3) is 0 Å². The largest absolute Gasteiger partial charge is 0.493 e. The molecule has 0 N–H and O–H groups in total. The van der Waals surface area contributed by atoms with Crippen molar-refractivity contribution in [2.24, 2.45) is 0 Å². The van der Waals surface area contributed by atoms with Crippen LogP contribution in [0.3, 0.4) is 0 Å². The molecule has 0 spiro atoms. The van der Waals surface area contributed by atoms with Crippen LogP contribution in [0.2, 0.25) is 0 Å². The minimum atomic E-state index is 0.118. The van der Waals surface area contributed by atoms with E-state index in [2.05, 4.69) is 60.0 Å². The van der Waals surface area contributed by atoms with Gasteiger partial charge < -0.3 is 14.2 Å². The summed E-state index contributed by atoms with van der Waals surface area (Å²) in [7, 11) is 0. The predicted molar refractivity (Wildman–Crippen MR) is 135 cm³/mol. The lowest BCUT2D eigenvalue weighted by molar-refractivity contribution is -0.127. The fourth-order valence-electron chi connectivity index (χ4n) is 4.83. The molecule has 4 aromatic rings. The maximum atomic E-state index is 12.8. The molecule has 0 aliphatic carbocycles. The summed E-state index contributed by atoms with van der Waals surface area (Å²) >= 11 is 0. The van der Waals surface area contributed by atoms with Gasteiger partial charge in [-0.2, -0.15) is 0 Å². The third-order valence-electron chi connectivity index (χ3n) is 6.65. The van der Waals surface area contributed by atoms with Crippen molar-refractivity contribution in [1.82, 2.24) is 14.5 Å². The Hall–Kier alpha value is -3.60. The fraction of sp³-hybridized carbons (Fsp3) is 0.310. The summed E-state index contributed by atoms with van der Waals surface area (Å²) in [6, 6.07) is 26.7. The number of benzene rings is 3. The average Bonchev–Trinajstić information content (AvgIpc) is 3.42. The van der Waals surface area contributed by atoms with Crippen molar-refractivity contribution in [3.05, 3.63) is 95.8 Å². The molecule has 1 unspecified atom stereocenters. The van der Waals surface area contributed by atoms with E-state index >= 15 is 0 Å². The van der Waals surface area contributed by atoms with E-state index in [9.17, 15) is 4.79 Å².